The SMILES string of the molecule is Cc1ccccc1CSc1nnc(CN(C)Cc2ccc3nccnc3c2)n1C[C@H]1CCCO1. The second kappa shape index (κ2) is 10.6. The molecule has 0 spiro atoms. The first-order chi connectivity index (χ1) is 16.7. The van der Waals surface area contributed by atoms with Crippen LogP contribution in [0.1, 0.15) is 35.4 Å². The Balaban J connectivity index is 1.31. The maximum absolute atomic E-state index is 5.95. The summed E-state index contributed by atoms with van der Waals surface area (Å²) in [5.41, 5.74) is 5.68. The molecule has 1 aliphatic heterocycles. The second-order valence-electron chi connectivity index (χ2n) is 8.91. The van der Waals surface area contributed by atoms with Gasteiger partial charge in [-0.2, -0.15) is 0 Å². The lowest BCUT2D eigenvalue weighted by molar-refractivity contribution is 0.0934. The van der Waals surface area contributed by atoms with E-state index in [4.69, 9.17) is 4.74 Å². The van der Waals surface area contributed by atoms with Gasteiger partial charge in [0.05, 0.1) is 30.2 Å². The van der Waals surface area contributed by atoms with Crippen LogP contribution in [0, 0.1) is 6.92 Å². The zero-order chi connectivity index (χ0) is 23.3. The Kier molecular flexibility index (Phi) is 7.18. The monoisotopic (exact) mass is 474 g/mol. The topological polar surface area (TPSA) is 69.0 Å². The van der Waals surface area contributed by atoms with Crippen LogP contribution in [-0.4, -0.2) is 49.4 Å². The van der Waals surface area contributed by atoms with E-state index in [1.165, 1.54) is 16.7 Å². The summed E-state index contributed by atoms with van der Waals surface area (Å²) in [6, 6.07) is 14.8. The minimum absolute atomic E-state index is 0.233. The molecule has 0 bridgehead atoms. The zero-order valence-electron chi connectivity index (χ0n) is 19.7. The van der Waals surface area contributed by atoms with E-state index in [1.807, 2.05) is 6.07 Å². The number of nitrogens with zero attached hydrogens (tertiary/aromatic N) is 6. The lowest BCUT2D eigenvalue weighted by Crippen LogP contribution is -2.23. The van der Waals surface area contributed by atoms with Crippen LogP contribution < -0.4 is 0 Å². The van der Waals surface area contributed by atoms with E-state index in [2.05, 4.69) is 80.0 Å². The van der Waals surface area contributed by atoms with Gasteiger partial charge in [-0.05, 0) is 55.6 Å². The van der Waals surface area contributed by atoms with Crippen LogP contribution in [0.5, 0.6) is 0 Å². The van der Waals surface area contributed by atoms with Crippen molar-refractivity contribution in [3.63, 3.8) is 0 Å². The standard InChI is InChI=1S/C26H30N6OS/c1-19-6-3-4-7-21(19)18-34-26-30-29-25(32(26)16-22-8-5-13-33-22)17-31(2)15-20-9-10-23-24(14-20)28-12-11-27-23/h3-4,6-7,9-12,14,22H,5,8,13,15-18H2,1-2H3/t22-/m1/s1. The first-order valence-corrected chi connectivity index (χ1v) is 12.7. The molecule has 2 aromatic carbocycles. The Labute approximate surface area is 204 Å². The molecule has 1 saturated heterocycles. The van der Waals surface area contributed by atoms with E-state index in [1.54, 1.807) is 24.2 Å². The predicted octanol–water partition coefficient (Wildman–Crippen LogP) is 4.63. The number of fused-ring (bicyclic) bond motifs is 1. The second-order valence-corrected chi connectivity index (χ2v) is 9.85. The molecule has 176 valence electrons. The van der Waals surface area contributed by atoms with Crippen LogP contribution >= 0.6 is 11.8 Å². The molecular formula is C26H30N6OS. The number of aryl methyl sites for hydroxylation is 1. The van der Waals surface area contributed by atoms with E-state index in [0.29, 0.717) is 6.54 Å². The molecule has 1 atom stereocenters. The van der Waals surface area contributed by atoms with Crippen molar-refractivity contribution in [1.29, 1.82) is 0 Å². The minimum atomic E-state index is 0.233. The summed E-state index contributed by atoms with van der Waals surface area (Å²) in [5, 5.41) is 10.1. The molecule has 1 fully saturated rings. The Hall–Kier alpha value is -2.81. The van der Waals surface area contributed by atoms with E-state index in [9.17, 15) is 0 Å². The fourth-order valence-corrected chi connectivity index (χ4v) is 5.39. The summed E-state index contributed by atoms with van der Waals surface area (Å²) in [4.78, 5) is 11.1. The third kappa shape index (κ3) is 5.46. The van der Waals surface area contributed by atoms with Gasteiger partial charge < -0.3 is 9.30 Å². The first kappa shape index (κ1) is 23.0. The molecule has 0 radical (unpaired) electrons. The van der Waals surface area contributed by atoms with Crippen molar-refractivity contribution in [3.05, 3.63) is 77.4 Å². The van der Waals surface area contributed by atoms with Crippen LogP contribution in [0.25, 0.3) is 11.0 Å². The van der Waals surface area contributed by atoms with Crippen molar-refractivity contribution in [1.82, 2.24) is 29.6 Å². The van der Waals surface area contributed by atoms with Gasteiger partial charge in [-0.15, -0.1) is 10.2 Å². The molecule has 5 rings (SSSR count). The molecule has 8 heteroatoms. The van der Waals surface area contributed by atoms with E-state index in [-0.39, 0.29) is 6.10 Å². The largest absolute Gasteiger partial charge is 0.376 e. The molecule has 0 amide bonds. The van der Waals surface area contributed by atoms with Crippen molar-refractivity contribution in [3.8, 4) is 0 Å². The van der Waals surface area contributed by atoms with Gasteiger partial charge in [0.1, 0.15) is 5.82 Å². The third-order valence-corrected chi connectivity index (χ3v) is 7.23. The number of ether oxygens (including phenoxy) is 1. The van der Waals surface area contributed by atoms with E-state index in [0.717, 1.165) is 60.3 Å². The summed E-state index contributed by atoms with van der Waals surface area (Å²) < 4.78 is 8.21. The summed E-state index contributed by atoms with van der Waals surface area (Å²) in [6.45, 7) is 5.32. The van der Waals surface area contributed by atoms with E-state index >= 15 is 0 Å². The highest BCUT2D eigenvalue weighted by molar-refractivity contribution is 7.98. The summed E-state index contributed by atoms with van der Waals surface area (Å²) in [5.74, 6) is 1.86. The number of aromatic nitrogens is 5. The zero-order valence-corrected chi connectivity index (χ0v) is 20.5. The molecule has 0 saturated carbocycles. The quantitative estimate of drug-likeness (QED) is 0.328. The summed E-state index contributed by atoms with van der Waals surface area (Å²) in [7, 11) is 2.12. The van der Waals surface area contributed by atoms with Crippen molar-refractivity contribution in [2.75, 3.05) is 13.7 Å². The number of hydrogen-bond acceptors (Lipinski definition) is 7. The average molecular weight is 475 g/mol. The highest BCUT2D eigenvalue weighted by Crippen LogP contribution is 2.26. The van der Waals surface area contributed by atoms with Crippen molar-refractivity contribution in [2.24, 2.45) is 0 Å². The number of hydrogen-bond donors (Lipinski definition) is 0. The molecule has 3 heterocycles. The smallest absolute Gasteiger partial charge is 0.191 e. The fraction of sp³-hybridized carbons (Fsp3) is 0.385. The van der Waals surface area contributed by atoms with Crippen molar-refractivity contribution < 1.29 is 4.74 Å². The lowest BCUT2D eigenvalue weighted by atomic mass is 10.1. The van der Waals surface area contributed by atoms with Crippen LogP contribution in [-0.2, 0) is 30.1 Å². The lowest BCUT2D eigenvalue weighted by Gasteiger charge is -2.19. The molecule has 0 unspecified atom stereocenters. The Bertz CT molecular complexity index is 1250. The minimum Gasteiger partial charge on any atom is -0.376 e. The molecule has 4 aromatic rings. The van der Waals surface area contributed by atoms with Crippen molar-refractivity contribution >= 4 is 22.8 Å². The maximum atomic E-state index is 5.95. The Morgan fingerprint density at radius 1 is 1.06 bits per heavy atom. The van der Waals surface area contributed by atoms with Gasteiger partial charge in [0.15, 0.2) is 5.16 Å². The Morgan fingerprint density at radius 2 is 1.91 bits per heavy atom. The van der Waals surface area contributed by atoms with Crippen LogP contribution in [0.3, 0.4) is 0 Å². The van der Waals surface area contributed by atoms with Gasteiger partial charge in [0, 0.05) is 31.3 Å². The number of thioether (sulfide) groups is 1. The Morgan fingerprint density at radius 3 is 2.74 bits per heavy atom. The molecule has 1 aliphatic rings. The van der Waals surface area contributed by atoms with Gasteiger partial charge >= 0.3 is 0 Å². The molecular weight excluding hydrogens is 444 g/mol. The maximum Gasteiger partial charge on any atom is 0.191 e. The van der Waals surface area contributed by atoms with Gasteiger partial charge in [0.25, 0.3) is 0 Å². The van der Waals surface area contributed by atoms with Gasteiger partial charge in [0.2, 0.25) is 0 Å². The third-order valence-electron chi connectivity index (χ3n) is 6.22. The van der Waals surface area contributed by atoms with Gasteiger partial charge in [-0.3, -0.25) is 14.9 Å². The van der Waals surface area contributed by atoms with Gasteiger partial charge in [-0.1, -0.05) is 42.1 Å². The molecule has 2 aromatic heterocycles. The number of rotatable bonds is 9. The normalized spacial score (nSPS) is 16.0. The first-order valence-electron chi connectivity index (χ1n) is 11.7. The average Bonchev–Trinajstić information content (AvgIpc) is 3.49. The molecule has 7 nitrogen and oxygen atoms in total. The van der Waals surface area contributed by atoms with Crippen LogP contribution in [0.4, 0.5) is 0 Å². The highest BCUT2D eigenvalue weighted by atomic mass is 32.2. The van der Waals surface area contributed by atoms with Crippen LogP contribution in [0.15, 0.2) is 60.0 Å². The fourth-order valence-electron chi connectivity index (χ4n) is 4.35. The van der Waals surface area contributed by atoms with Crippen LogP contribution in [0.2, 0.25) is 0 Å². The van der Waals surface area contributed by atoms with E-state index < -0.39 is 0 Å². The molecule has 0 N–H and O–H groups in total. The predicted molar refractivity (Wildman–Crippen MR) is 134 cm³/mol. The molecule has 0 aliphatic carbocycles. The summed E-state index contributed by atoms with van der Waals surface area (Å²) >= 11 is 1.75. The van der Waals surface area contributed by atoms with Crippen molar-refractivity contribution in [2.45, 2.75) is 56.4 Å². The molecule has 34 heavy (non-hydrogen) atoms. The highest BCUT2D eigenvalue weighted by Gasteiger charge is 2.22. The number of benzene rings is 2. The van der Waals surface area contributed by atoms with Gasteiger partial charge in [-0.25, -0.2) is 0 Å². The summed E-state index contributed by atoms with van der Waals surface area (Å²) in [6.07, 6.45) is 5.91.